The number of carbonyl (C=O) groups excluding carboxylic acids is 2. The van der Waals surface area contributed by atoms with Gasteiger partial charge in [-0.25, -0.2) is 0 Å². The third-order valence-electron chi connectivity index (χ3n) is 1.64. The summed E-state index contributed by atoms with van der Waals surface area (Å²) in [5, 5.41) is 0. The predicted molar refractivity (Wildman–Crippen MR) is 44.6 cm³/mol. The summed E-state index contributed by atoms with van der Waals surface area (Å²) in [6.07, 6.45) is -3.94. The van der Waals surface area contributed by atoms with Gasteiger partial charge >= 0.3 is 6.18 Å². The number of nitrogens with zero attached hydrogens (tertiary/aromatic N) is 1. The van der Waals surface area contributed by atoms with Crippen molar-refractivity contribution in [3.63, 3.8) is 0 Å². The van der Waals surface area contributed by atoms with E-state index in [4.69, 9.17) is 0 Å². The van der Waals surface area contributed by atoms with Gasteiger partial charge in [-0.15, -0.1) is 0 Å². The van der Waals surface area contributed by atoms with Crippen LogP contribution in [0.1, 0.15) is 27.8 Å². The van der Waals surface area contributed by atoms with Crippen molar-refractivity contribution in [3.8, 4) is 0 Å². The minimum Gasteiger partial charge on any atom is -0.293 e. The van der Waals surface area contributed by atoms with Crippen molar-refractivity contribution in [3.05, 3.63) is 29.6 Å². The summed E-state index contributed by atoms with van der Waals surface area (Å²) in [6, 6.07) is 1.75. The molecular formula is C9H6F3NO2. The highest BCUT2D eigenvalue weighted by Gasteiger charge is 2.39. The van der Waals surface area contributed by atoms with Gasteiger partial charge in [-0.3, -0.25) is 14.6 Å². The lowest BCUT2D eigenvalue weighted by atomic mass is 10.1. The fourth-order valence-electron chi connectivity index (χ4n) is 0.928. The molecule has 1 aromatic heterocycles. The van der Waals surface area contributed by atoms with E-state index in [0.29, 0.717) is 0 Å². The summed E-state index contributed by atoms with van der Waals surface area (Å²) < 4.78 is 36.0. The fraction of sp³-hybridized carbons (Fsp3) is 0.222. The van der Waals surface area contributed by atoms with Crippen LogP contribution in [0.3, 0.4) is 0 Å². The summed E-state index contributed by atoms with van der Waals surface area (Å²) in [4.78, 5) is 25.1. The average Bonchev–Trinajstić information content (AvgIpc) is 2.15. The molecule has 0 aliphatic rings. The van der Waals surface area contributed by atoms with Crippen molar-refractivity contribution >= 4 is 11.6 Å². The van der Waals surface area contributed by atoms with E-state index >= 15 is 0 Å². The second-order valence-corrected chi connectivity index (χ2v) is 2.81. The summed E-state index contributed by atoms with van der Waals surface area (Å²) >= 11 is 0. The molecule has 0 saturated carbocycles. The highest BCUT2D eigenvalue weighted by atomic mass is 19.4. The molecule has 80 valence electrons. The zero-order valence-corrected chi connectivity index (χ0v) is 7.63. The Morgan fingerprint density at radius 2 is 1.93 bits per heavy atom. The molecule has 0 aliphatic carbocycles. The van der Waals surface area contributed by atoms with Gasteiger partial charge in [-0.2, -0.15) is 13.2 Å². The van der Waals surface area contributed by atoms with Gasteiger partial charge in [-0.05, 0) is 12.1 Å². The first-order chi connectivity index (χ1) is 6.82. The lowest BCUT2D eigenvalue weighted by Crippen LogP contribution is -2.23. The number of alkyl halides is 3. The molecule has 1 aromatic rings. The predicted octanol–water partition coefficient (Wildman–Crippen LogP) is 2.03. The minimum absolute atomic E-state index is 0.162. The summed E-state index contributed by atoms with van der Waals surface area (Å²) in [5.74, 6) is -2.47. The van der Waals surface area contributed by atoms with Crippen molar-refractivity contribution in [2.75, 3.05) is 0 Å². The van der Waals surface area contributed by atoms with Gasteiger partial charge in [0.1, 0.15) is 5.69 Å². The molecule has 0 spiro atoms. The molecule has 0 aliphatic heterocycles. The fourth-order valence-corrected chi connectivity index (χ4v) is 0.928. The molecule has 0 saturated heterocycles. The standard InChI is InChI=1S/C9H6F3NO2/c1-5(14)7-4-6(2-3-13-7)8(15)9(10,11)12/h2-4H,1H3. The molecule has 0 aromatic carbocycles. The van der Waals surface area contributed by atoms with Gasteiger partial charge in [0.25, 0.3) is 5.78 Å². The Hall–Kier alpha value is -1.72. The van der Waals surface area contributed by atoms with Gasteiger partial charge in [0.05, 0.1) is 0 Å². The van der Waals surface area contributed by atoms with Crippen LogP contribution in [0.15, 0.2) is 18.3 Å². The number of pyridine rings is 1. The zero-order valence-electron chi connectivity index (χ0n) is 7.63. The van der Waals surface area contributed by atoms with Gasteiger partial charge in [0, 0.05) is 18.7 Å². The van der Waals surface area contributed by atoms with Crippen molar-refractivity contribution < 1.29 is 22.8 Å². The number of carbonyl (C=O) groups is 2. The van der Waals surface area contributed by atoms with Gasteiger partial charge < -0.3 is 0 Å². The van der Waals surface area contributed by atoms with E-state index in [2.05, 4.69) is 4.98 Å². The first kappa shape index (κ1) is 11.4. The lowest BCUT2D eigenvalue weighted by Gasteiger charge is -2.05. The smallest absolute Gasteiger partial charge is 0.293 e. The topological polar surface area (TPSA) is 47.0 Å². The molecule has 0 atom stereocenters. The number of aromatic nitrogens is 1. The second-order valence-electron chi connectivity index (χ2n) is 2.81. The van der Waals surface area contributed by atoms with Crippen molar-refractivity contribution in [1.29, 1.82) is 0 Å². The van der Waals surface area contributed by atoms with E-state index in [0.717, 1.165) is 25.3 Å². The second kappa shape index (κ2) is 3.80. The van der Waals surface area contributed by atoms with Crippen LogP contribution in [-0.2, 0) is 0 Å². The van der Waals surface area contributed by atoms with E-state index in [-0.39, 0.29) is 5.69 Å². The number of hydrogen-bond acceptors (Lipinski definition) is 3. The van der Waals surface area contributed by atoms with Crippen molar-refractivity contribution in [2.24, 2.45) is 0 Å². The number of rotatable bonds is 2. The van der Waals surface area contributed by atoms with E-state index in [1.807, 2.05) is 0 Å². The van der Waals surface area contributed by atoms with E-state index in [1.54, 1.807) is 0 Å². The Bertz CT molecular complexity index is 412. The lowest BCUT2D eigenvalue weighted by molar-refractivity contribution is -0.0885. The molecule has 1 rings (SSSR count). The maximum Gasteiger partial charge on any atom is 0.454 e. The van der Waals surface area contributed by atoms with Gasteiger partial charge in [0.15, 0.2) is 5.78 Å². The number of ketones is 2. The molecule has 0 unspecified atom stereocenters. The average molecular weight is 217 g/mol. The Balaban J connectivity index is 3.12. The summed E-state index contributed by atoms with van der Waals surface area (Å²) in [7, 11) is 0. The first-order valence-electron chi connectivity index (χ1n) is 3.91. The maximum absolute atomic E-state index is 12.0. The van der Waals surface area contributed by atoms with Gasteiger partial charge in [0.2, 0.25) is 0 Å². The quantitative estimate of drug-likeness (QED) is 0.712. The molecular weight excluding hydrogens is 211 g/mol. The molecule has 0 N–H and O–H groups in total. The SMILES string of the molecule is CC(=O)c1cc(C(=O)C(F)(F)F)ccn1. The summed E-state index contributed by atoms with van der Waals surface area (Å²) in [6.45, 7) is 1.16. The summed E-state index contributed by atoms with van der Waals surface area (Å²) in [5.41, 5.74) is -0.743. The highest BCUT2D eigenvalue weighted by molar-refractivity contribution is 6.02. The number of hydrogen-bond donors (Lipinski definition) is 0. The minimum atomic E-state index is -4.94. The maximum atomic E-state index is 12.0. The Kier molecular flexibility index (Phi) is 2.88. The van der Waals surface area contributed by atoms with Crippen LogP contribution in [-0.4, -0.2) is 22.7 Å². The monoisotopic (exact) mass is 217 g/mol. The van der Waals surface area contributed by atoms with Crippen LogP contribution < -0.4 is 0 Å². The molecule has 0 bridgehead atoms. The third-order valence-corrected chi connectivity index (χ3v) is 1.64. The van der Waals surface area contributed by atoms with Gasteiger partial charge in [-0.1, -0.05) is 0 Å². The zero-order chi connectivity index (χ0) is 11.6. The van der Waals surface area contributed by atoms with Crippen LogP contribution in [0.5, 0.6) is 0 Å². The van der Waals surface area contributed by atoms with Crippen molar-refractivity contribution in [2.45, 2.75) is 13.1 Å². The molecule has 3 nitrogen and oxygen atoms in total. The van der Waals surface area contributed by atoms with Crippen LogP contribution >= 0.6 is 0 Å². The molecule has 1 heterocycles. The molecule has 0 amide bonds. The third kappa shape index (κ3) is 2.61. The van der Waals surface area contributed by atoms with Crippen LogP contribution in [0, 0.1) is 0 Å². The Morgan fingerprint density at radius 1 is 1.33 bits per heavy atom. The Morgan fingerprint density at radius 3 is 2.40 bits per heavy atom. The molecule has 0 radical (unpaired) electrons. The molecule has 15 heavy (non-hydrogen) atoms. The number of halogens is 3. The van der Waals surface area contributed by atoms with Crippen molar-refractivity contribution in [1.82, 2.24) is 4.98 Å². The Labute approximate surface area is 82.9 Å². The van der Waals surface area contributed by atoms with E-state index in [1.165, 1.54) is 0 Å². The van der Waals surface area contributed by atoms with Crippen LogP contribution in [0.25, 0.3) is 0 Å². The first-order valence-corrected chi connectivity index (χ1v) is 3.91. The largest absolute Gasteiger partial charge is 0.454 e. The normalized spacial score (nSPS) is 11.2. The van der Waals surface area contributed by atoms with E-state index in [9.17, 15) is 22.8 Å². The number of Topliss-reactive ketones (excluding diaryl/α,β-unsaturated/α-hetero) is 2. The highest BCUT2D eigenvalue weighted by Crippen LogP contribution is 2.21. The van der Waals surface area contributed by atoms with Crippen LogP contribution in [0.4, 0.5) is 13.2 Å². The van der Waals surface area contributed by atoms with E-state index < -0.39 is 23.3 Å². The molecule has 6 heteroatoms. The molecule has 0 fully saturated rings. The van der Waals surface area contributed by atoms with Crippen LogP contribution in [0.2, 0.25) is 0 Å².